The molecule has 0 rings (SSSR count). The molecule has 0 fully saturated rings. The summed E-state index contributed by atoms with van der Waals surface area (Å²) in [7, 11) is 0. The third-order valence-electron chi connectivity index (χ3n) is 6.26. The second kappa shape index (κ2) is 15.7. The molecule has 0 aliphatic rings. The zero-order valence-electron chi connectivity index (χ0n) is 24.9. The Morgan fingerprint density at radius 1 is 0.816 bits per heavy atom. The molecule has 12 nitrogen and oxygen atoms in total. The lowest BCUT2D eigenvalue weighted by molar-refractivity contribution is -0.160. The summed E-state index contributed by atoms with van der Waals surface area (Å²) in [6, 6.07) is -6.26. The minimum absolute atomic E-state index is 0.0571. The van der Waals surface area contributed by atoms with Crippen LogP contribution in [0, 0.1) is 23.7 Å². The number of nitrogens with one attached hydrogen (secondary N) is 2. The molecule has 0 aromatic rings. The molecule has 0 heterocycles. The molecule has 4 amide bonds. The van der Waals surface area contributed by atoms with Gasteiger partial charge in [0.05, 0.1) is 6.04 Å². The van der Waals surface area contributed by atoms with E-state index in [4.69, 9.17) is 12.8 Å². The number of carboxylic acids is 1. The quantitative estimate of drug-likeness (QED) is 0.166. The molecule has 0 saturated carbocycles. The number of aliphatic hydroxyl groups is 1. The average Bonchev–Trinajstić information content (AvgIpc) is 2.82. The minimum Gasteiger partial charge on any atom is -0.480 e. The molecule has 0 bridgehead atoms. The lowest BCUT2D eigenvalue weighted by Gasteiger charge is -2.37. The minimum atomic E-state index is -1.93. The third kappa shape index (κ3) is 9.95. The molecule has 0 aromatic carbocycles. The van der Waals surface area contributed by atoms with Crippen molar-refractivity contribution in [2.45, 2.75) is 111 Å². The highest BCUT2D eigenvalue weighted by Crippen LogP contribution is 2.20. The molecule has 0 aliphatic heterocycles. The van der Waals surface area contributed by atoms with Crippen LogP contribution in [-0.4, -0.2) is 81.0 Å². The van der Waals surface area contributed by atoms with E-state index in [1.807, 2.05) is 0 Å². The van der Waals surface area contributed by atoms with Crippen molar-refractivity contribution in [2.24, 2.45) is 35.1 Å². The highest BCUT2D eigenvalue weighted by Gasteiger charge is 2.44. The molecule has 8 N–H and O–H groups in total. The van der Waals surface area contributed by atoms with Crippen molar-refractivity contribution >= 4 is 29.6 Å². The molecule has 0 aromatic heterocycles. The predicted octanol–water partition coefficient (Wildman–Crippen LogP) is 0.204. The van der Waals surface area contributed by atoms with Gasteiger partial charge in [-0.2, -0.15) is 0 Å². The van der Waals surface area contributed by atoms with Crippen LogP contribution in [0.3, 0.4) is 0 Å². The summed E-state index contributed by atoms with van der Waals surface area (Å²) in [4.78, 5) is 66.2. The molecule has 38 heavy (non-hydrogen) atoms. The number of rotatable bonds is 15. The first-order chi connectivity index (χ1) is 17.9. The monoisotopic (exact) mass is 544 g/mol. The van der Waals surface area contributed by atoms with E-state index < -0.39 is 77.7 Å². The molecule has 1 unspecified atom stereocenters. The number of aliphatic carboxylic acids is 1. The van der Waals surface area contributed by atoms with Crippen molar-refractivity contribution in [3.05, 3.63) is 0 Å². The topological polar surface area (TPSA) is 205 Å². The van der Waals surface area contributed by atoms with E-state index in [9.17, 15) is 34.2 Å². The van der Waals surface area contributed by atoms with Gasteiger partial charge in [-0.3, -0.25) is 24.1 Å². The van der Waals surface area contributed by atoms with Crippen LogP contribution in [0.2, 0.25) is 0 Å². The predicted molar refractivity (Wildman–Crippen MR) is 143 cm³/mol. The summed E-state index contributed by atoms with van der Waals surface area (Å²) in [6.07, 6.45) is -2.04. The average molecular weight is 545 g/mol. The molecule has 0 radical (unpaired) electrons. The first kappa shape index (κ1) is 33.5. The van der Waals surface area contributed by atoms with E-state index in [1.54, 1.807) is 55.4 Å². The van der Waals surface area contributed by atoms with E-state index in [2.05, 4.69) is 10.6 Å². The number of imide groups is 1. The smallest absolute Gasteiger partial charge is 0.326 e. The lowest BCUT2D eigenvalue weighted by Crippen LogP contribution is -2.64. The van der Waals surface area contributed by atoms with Gasteiger partial charge in [-0.1, -0.05) is 62.3 Å². The second-order valence-electron chi connectivity index (χ2n) is 11.2. The van der Waals surface area contributed by atoms with E-state index in [-0.39, 0.29) is 31.6 Å². The number of hydrogen-bond acceptors (Lipinski definition) is 8. The van der Waals surface area contributed by atoms with E-state index in [1.165, 1.54) is 0 Å². The van der Waals surface area contributed by atoms with Gasteiger partial charge in [-0.05, 0) is 36.5 Å². The fraction of sp³-hybridized carbons (Fsp3) is 0.808. The van der Waals surface area contributed by atoms with Crippen molar-refractivity contribution in [2.75, 3.05) is 0 Å². The van der Waals surface area contributed by atoms with Crippen LogP contribution in [0.25, 0.3) is 0 Å². The Bertz CT molecular complexity index is 853. The van der Waals surface area contributed by atoms with Gasteiger partial charge in [-0.15, -0.1) is 0 Å². The van der Waals surface area contributed by atoms with Crippen molar-refractivity contribution in [1.82, 2.24) is 15.5 Å². The van der Waals surface area contributed by atoms with Crippen LogP contribution in [0.4, 0.5) is 0 Å². The summed E-state index contributed by atoms with van der Waals surface area (Å²) in [5, 5.41) is 25.3. The first-order valence-corrected chi connectivity index (χ1v) is 13.1. The summed E-state index contributed by atoms with van der Waals surface area (Å²) < 4.78 is 7.38. The maximum Gasteiger partial charge on any atom is 0.326 e. The van der Waals surface area contributed by atoms with Crippen molar-refractivity contribution in [3.63, 3.8) is 0 Å². The van der Waals surface area contributed by atoms with Gasteiger partial charge in [0.15, 0.2) is 0 Å². The number of carbonyl (C=O) groups is 5. The third-order valence-corrected chi connectivity index (χ3v) is 6.26. The van der Waals surface area contributed by atoms with Crippen LogP contribution >= 0.6 is 0 Å². The van der Waals surface area contributed by atoms with E-state index in [0.717, 1.165) is 0 Å². The van der Waals surface area contributed by atoms with Gasteiger partial charge in [0.2, 0.25) is 11.8 Å². The molecular formula is C26H49N5O7. The van der Waals surface area contributed by atoms with E-state index in [0.29, 0.717) is 4.90 Å². The lowest BCUT2D eigenvalue weighted by atomic mass is 9.95. The van der Waals surface area contributed by atoms with Gasteiger partial charge < -0.3 is 32.3 Å². The number of amides is 4. The molecule has 0 aliphatic carbocycles. The number of nitrogens with two attached hydrogens (primary N) is 2. The summed E-state index contributed by atoms with van der Waals surface area (Å²) in [6.45, 7) is 13.2. The Kier molecular flexibility index (Phi) is 13.9. The number of hydrogen-bond donors (Lipinski definition) is 6. The Morgan fingerprint density at radius 3 is 1.71 bits per heavy atom. The summed E-state index contributed by atoms with van der Waals surface area (Å²) in [5.74, 6) is -6.53. The molecule has 12 heteroatoms. The van der Waals surface area contributed by atoms with Gasteiger partial charge in [0.25, 0.3) is 11.8 Å². The number of carboxylic acid groups (broad SMARTS) is 1. The van der Waals surface area contributed by atoms with Gasteiger partial charge in [0, 0.05) is 7.41 Å². The van der Waals surface area contributed by atoms with Crippen LogP contribution in [-0.2, 0) is 24.0 Å². The highest BCUT2D eigenvalue weighted by molar-refractivity contribution is 6.05. The zero-order chi connectivity index (χ0) is 30.8. The highest BCUT2D eigenvalue weighted by atomic mass is 16.4. The van der Waals surface area contributed by atoms with Crippen LogP contribution < -0.4 is 22.1 Å². The number of carbonyl (C=O) groups excluding carboxylic acids is 4. The van der Waals surface area contributed by atoms with Crippen LogP contribution in [0.5, 0.6) is 0 Å². The largest absolute Gasteiger partial charge is 0.480 e. The Morgan fingerprint density at radius 2 is 1.32 bits per heavy atom. The fourth-order valence-corrected chi connectivity index (χ4v) is 3.65. The second-order valence-corrected chi connectivity index (χ2v) is 11.2. The molecule has 0 saturated heterocycles. The van der Waals surface area contributed by atoms with Crippen LogP contribution in [0.15, 0.2) is 0 Å². The van der Waals surface area contributed by atoms with E-state index >= 15 is 0 Å². The Balaban J connectivity index is 6.81. The van der Waals surface area contributed by atoms with Crippen molar-refractivity contribution in [1.29, 1.82) is 0 Å². The van der Waals surface area contributed by atoms with Gasteiger partial charge >= 0.3 is 5.97 Å². The maximum atomic E-state index is 14.0. The number of aliphatic hydroxyl groups excluding tert-OH is 1. The Labute approximate surface area is 227 Å². The van der Waals surface area contributed by atoms with Crippen LogP contribution in [0.1, 0.15) is 76.5 Å². The van der Waals surface area contributed by atoms with Crippen molar-refractivity contribution in [3.8, 4) is 0 Å². The molecule has 0 spiro atoms. The van der Waals surface area contributed by atoms with Crippen molar-refractivity contribution < 1.29 is 35.6 Å². The van der Waals surface area contributed by atoms with Gasteiger partial charge in [-0.25, -0.2) is 4.79 Å². The molecule has 220 valence electrons. The molecule has 6 atom stereocenters. The van der Waals surface area contributed by atoms with Gasteiger partial charge in [0.1, 0.15) is 24.2 Å². The summed E-state index contributed by atoms with van der Waals surface area (Å²) in [5.41, 5.74) is 11.9. The zero-order valence-corrected chi connectivity index (χ0v) is 23.9. The molecular weight excluding hydrogens is 494 g/mol. The fourth-order valence-electron chi connectivity index (χ4n) is 3.65. The number of nitrogens with zero attached hydrogens (tertiary/aromatic N) is 1. The summed E-state index contributed by atoms with van der Waals surface area (Å²) >= 11 is 0. The SMILES string of the molecule is [2H]CC[C@H](N)C(O)C(=O)N(C(=O)[C@@H](NC(=O)[C@@H](N)C(C)C)C(C)C)[C@@H](CC(C)C)C(=O)N[C@H](C(=O)O)C(C)C. The Hall–Kier alpha value is -2.57. The first-order valence-electron chi connectivity index (χ1n) is 13.8. The maximum absolute atomic E-state index is 14.0. The standard InChI is InChI=1S/C26H49N5O7/c1-10-16(27)21(32)25(36)31(24(35)19(14(6)7)29-23(34)18(28)13(4)5)17(11-12(2)3)22(33)30-20(15(8)9)26(37)38/h12-21,32H,10-11,27-28H2,1-9H3,(H,29,34)(H,30,33)(H,37,38)/t16-,17-,18-,19-,20-,21?/m0/s1/i1D. The normalized spacial score (nSPS) is 16.9.